The fourth-order valence-corrected chi connectivity index (χ4v) is 0.935. The molecule has 1 rings (SSSR count). The fourth-order valence-electron chi connectivity index (χ4n) is 0.935. The first kappa shape index (κ1) is 11.4. The Hall–Kier alpha value is -1.70. The molecule has 0 heterocycles. The van der Waals surface area contributed by atoms with Gasteiger partial charge < -0.3 is 4.74 Å². The summed E-state index contributed by atoms with van der Waals surface area (Å²) in [6.07, 6.45) is 0.246. The van der Waals surface area contributed by atoms with Crippen LogP contribution in [0, 0.1) is 18.2 Å². The van der Waals surface area contributed by atoms with Crippen LogP contribution in [0.15, 0.2) is 18.2 Å². The molecule has 0 saturated carbocycles. The van der Waals surface area contributed by atoms with Crippen LogP contribution < -0.4 is 4.74 Å². The van der Waals surface area contributed by atoms with Crippen LogP contribution in [0.4, 0.5) is 17.6 Å². The van der Waals surface area contributed by atoms with Crippen LogP contribution in [-0.2, 0) is 6.18 Å². The number of halogens is 4. The van der Waals surface area contributed by atoms with Gasteiger partial charge in [0.1, 0.15) is 18.2 Å². The Balaban J connectivity index is 3.01. The monoisotopic (exact) mass is 218 g/mol. The van der Waals surface area contributed by atoms with Crippen molar-refractivity contribution in [3.63, 3.8) is 0 Å². The highest BCUT2D eigenvalue weighted by molar-refractivity contribution is 5.31. The van der Waals surface area contributed by atoms with Crippen molar-refractivity contribution >= 4 is 0 Å². The number of alkyl halides is 3. The summed E-state index contributed by atoms with van der Waals surface area (Å²) in [5.74, 6) is 0.815. The second kappa shape index (κ2) is 4.22. The van der Waals surface area contributed by atoms with Gasteiger partial charge in [0.05, 0.1) is 5.56 Å². The predicted molar refractivity (Wildman–Crippen MR) is 45.7 cm³/mol. The molecule has 0 saturated heterocycles. The molecule has 0 fully saturated rings. The van der Waals surface area contributed by atoms with Crippen molar-refractivity contribution in [3.8, 4) is 18.1 Å². The minimum absolute atomic E-state index is 0.208. The van der Waals surface area contributed by atoms with Crippen LogP contribution in [-0.4, -0.2) is 6.61 Å². The average molecular weight is 218 g/mol. The van der Waals surface area contributed by atoms with Crippen molar-refractivity contribution in [3.05, 3.63) is 29.6 Å². The van der Waals surface area contributed by atoms with Crippen molar-refractivity contribution in [1.82, 2.24) is 0 Å². The maximum atomic E-state index is 12.8. The zero-order chi connectivity index (χ0) is 11.5. The molecule has 0 aliphatic rings. The highest BCUT2D eigenvalue weighted by Gasteiger charge is 2.31. The number of hydrogen-bond acceptors (Lipinski definition) is 1. The fraction of sp³-hybridized carbons (Fsp3) is 0.200. The largest absolute Gasteiger partial charge is 0.481 e. The summed E-state index contributed by atoms with van der Waals surface area (Å²) in [5.41, 5.74) is -1.10. The lowest BCUT2D eigenvalue weighted by molar-refractivity contribution is -0.137. The van der Waals surface area contributed by atoms with Gasteiger partial charge in [-0.2, -0.15) is 13.2 Å². The summed E-state index contributed by atoms with van der Waals surface area (Å²) < 4.78 is 54.1. The van der Waals surface area contributed by atoms with Crippen LogP contribution in [0.5, 0.6) is 5.75 Å². The number of rotatable bonds is 2. The summed E-state index contributed by atoms with van der Waals surface area (Å²) in [6.45, 7) is -0.208. The van der Waals surface area contributed by atoms with E-state index in [1.165, 1.54) is 0 Å². The van der Waals surface area contributed by atoms with Gasteiger partial charge in [-0.15, -0.1) is 6.42 Å². The number of hydrogen-bond donors (Lipinski definition) is 0. The Bertz CT molecular complexity index is 389. The highest BCUT2D eigenvalue weighted by Crippen LogP contribution is 2.32. The molecule has 15 heavy (non-hydrogen) atoms. The standard InChI is InChI=1S/C10H6F4O/c1-2-3-15-9-5-7(10(12,13)14)4-8(11)6-9/h1,4-6H,3H2. The highest BCUT2D eigenvalue weighted by atomic mass is 19.4. The molecule has 80 valence electrons. The number of terminal acetylenes is 1. The van der Waals surface area contributed by atoms with Gasteiger partial charge in [-0.25, -0.2) is 4.39 Å². The zero-order valence-corrected chi connectivity index (χ0v) is 7.44. The van der Waals surface area contributed by atoms with Crippen LogP contribution in [0.2, 0.25) is 0 Å². The molecule has 5 heteroatoms. The van der Waals surface area contributed by atoms with E-state index in [-0.39, 0.29) is 12.4 Å². The lowest BCUT2D eigenvalue weighted by Crippen LogP contribution is -2.06. The van der Waals surface area contributed by atoms with Gasteiger partial charge in [0.25, 0.3) is 0 Å². The molecule has 0 amide bonds. The Morgan fingerprint density at radius 3 is 2.47 bits per heavy atom. The average Bonchev–Trinajstić information content (AvgIpc) is 2.12. The Kier molecular flexibility index (Phi) is 3.20. The molecule has 0 aromatic heterocycles. The summed E-state index contributed by atoms with van der Waals surface area (Å²) >= 11 is 0. The first-order chi connectivity index (χ1) is 6.93. The molecule has 1 aromatic rings. The van der Waals surface area contributed by atoms with Crippen LogP contribution in [0.25, 0.3) is 0 Å². The van der Waals surface area contributed by atoms with E-state index < -0.39 is 17.6 Å². The lowest BCUT2D eigenvalue weighted by Gasteiger charge is -2.09. The second-order valence-corrected chi connectivity index (χ2v) is 2.67. The van der Waals surface area contributed by atoms with Crippen molar-refractivity contribution in [2.45, 2.75) is 6.18 Å². The summed E-state index contributed by atoms with van der Waals surface area (Å²) in [7, 11) is 0. The summed E-state index contributed by atoms with van der Waals surface area (Å²) in [5, 5.41) is 0. The van der Waals surface area contributed by atoms with E-state index in [4.69, 9.17) is 11.2 Å². The molecule has 0 spiro atoms. The second-order valence-electron chi connectivity index (χ2n) is 2.67. The van der Waals surface area contributed by atoms with Crippen molar-refractivity contribution in [2.24, 2.45) is 0 Å². The third kappa shape index (κ3) is 3.17. The number of benzene rings is 1. The van der Waals surface area contributed by atoms with Crippen LogP contribution in [0.3, 0.4) is 0 Å². The Morgan fingerprint density at radius 1 is 1.27 bits per heavy atom. The molecular formula is C10H6F4O. The molecule has 0 atom stereocenters. The molecule has 1 aromatic carbocycles. The normalized spacial score (nSPS) is 10.9. The van der Waals surface area contributed by atoms with Crippen molar-refractivity contribution < 1.29 is 22.3 Å². The zero-order valence-electron chi connectivity index (χ0n) is 7.44. The molecule has 0 bridgehead atoms. The van der Waals surface area contributed by atoms with Gasteiger partial charge in [-0.3, -0.25) is 0 Å². The summed E-state index contributed by atoms with van der Waals surface area (Å²) in [6, 6.07) is 1.93. The van der Waals surface area contributed by atoms with Gasteiger partial charge >= 0.3 is 6.18 Å². The molecule has 0 aliphatic carbocycles. The first-order valence-corrected chi connectivity index (χ1v) is 3.87. The maximum Gasteiger partial charge on any atom is 0.416 e. The number of ether oxygens (including phenoxy) is 1. The van der Waals surface area contributed by atoms with E-state index in [9.17, 15) is 17.6 Å². The van der Waals surface area contributed by atoms with E-state index in [1.807, 2.05) is 0 Å². The van der Waals surface area contributed by atoms with Crippen LogP contribution >= 0.6 is 0 Å². The van der Waals surface area contributed by atoms with Gasteiger partial charge in [0.15, 0.2) is 0 Å². The third-order valence-electron chi connectivity index (χ3n) is 1.52. The Labute approximate surface area is 83.7 Å². The van der Waals surface area contributed by atoms with Gasteiger partial charge in [-0.1, -0.05) is 5.92 Å². The minimum Gasteiger partial charge on any atom is -0.481 e. The van der Waals surface area contributed by atoms with E-state index in [0.717, 1.165) is 6.07 Å². The molecule has 0 unspecified atom stereocenters. The molecule has 0 radical (unpaired) electrons. The van der Waals surface area contributed by atoms with Crippen molar-refractivity contribution in [2.75, 3.05) is 6.61 Å². The lowest BCUT2D eigenvalue weighted by atomic mass is 10.2. The van der Waals surface area contributed by atoms with E-state index >= 15 is 0 Å². The van der Waals surface area contributed by atoms with Gasteiger partial charge in [0.2, 0.25) is 0 Å². The molecular weight excluding hydrogens is 212 g/mol. The SMILES string of the molecule is C#CCOc1cc(F)cc(C(F)(F)F)c1. The summed E-state index contributed by atoms with van der Waals surface area (Å²) in [4.78, 5) is 0. The van der Waals surface area contributed by atoms with Crippen LogP contribution in [0.1, 0.15) is 5.56 Å². The molecule has 1 nitrogen and oxygen atoms in total. The first-order valence-electron chi connectivity index (χ1n) is 3.87. The Morgan fingerprint density at radius 2 is 1.93 bits per heavy atom. The topological polar surface area (TPSA) is 9.23 Å². The minimum atomic E-state index is -4.60. The smallest absolute Gasteiger partial charge is 0.416 e. The maximum absolute atomic E-state index is 12.8. The third-order valence-corrected chi connectivity index (χ3v) is 1.52. The van der Waals surface area contributed by atoms with Gasteiger partial charge in [-0.05, 0) is 12.1 Å². The molecule has 0 aliphatic heterocycles. The van der Waals surface area contributed by atoms with E-state index in [2.05, 4.69) is 5.92 Å². The predicted octanol–water partition coefficient (Wildman–Crippen LogP) is 2.86. The van der Waals surface area contributed by atoms with E-state index in [1.54, 1.807) is 0 Å². The van der Waals surface area contributed by atoms with E-state index in [0.29, 0.717) is 12.1 Å². The van der Waals surface area contributed by atoms with Crippen molar-refractivity contribution in [1.29, 1.82) is 0 Å². The quantitative estimate of drug-likeness (QED) is 0.547. The van der Waals surface area contributed by atoms with Gasteiger partial charge in [0, 0.05) is 6.07 Å². The molecule has 0 N–H and O–H groups in total.